The monoisotopic (exact) mass is 366 g/mol. The molecular formula is C8H16Br2Ti2. The Kier molecular flexibility index (Phi) is 22.2. The van der Waals surface area contributed by atoms with Gasteiger partial charge in [-0.05, 0) is 0 Å². The molecule has 0 heterocycles. The van der Waals surface area contributed by atoms with Crippen LogP contribution >= 0.6 is 26.3 Å². The molecule has 0 aromatic rings. The van der Waals surface area contributed by atoms with E-state index in [-0.39, 0.29) is 36.7 Å². The first-order valence-electron chi connectivity index (χ1n) is 4.38. The number of rotatable bonds is 0. The third-order valence-corrected chi connectivity index (χ3v) is 2.00. The molecular weight excluding hydrogens is 352 g/mol. The van der Waals surface area contributed by atoms with Crippen molar-refractivity contribution in [2.75, 3.05) is 0 Å². The van der Waals surface area contributed by atoms with Crippen LogP contribution in [0.4, 0.5) is 0 Å². The predicted octanol–water partition coefficient (Wildman–Crippen LogP) is 4.81. The summed E-state index contributed by atoms with van der Waals surface area (Å²) in [6.07, 6.45) is 12.0. The van der Waals surface area contributed by atoms with Crippen LogP contribution in [0, 0.1) is 0 Å². The van der Waals surface area contributed by atoms with Crippen LogP contribution in [0.15, 0.2) is 0 Å². The Hall–Kier alpha value is 2.39. The Balaban J connectivity index is 0. The normalized spacial score (nSPS) is 17.2. The van der Waals surface area contributed by atoms with Crippen LogP contribution in [-0.2, 0) is 36.7 Å². The minimum atomic E-state index is 0. The van der Waals surface area contributed by atoms with Gasteiger partial charge in [0, 0.05) is 21.7 Å². The minimum Gasteiger partial charge on any atom is 0 e. The molecule has 0 radical (unpaired) electrons. The summed E-state index contributed by atoms with van der Waals surface area (Å²) in [7, 11) is 0. The van der Waals surface area contributed by atoms with E-state index in [2.05, 4.69) is 26.3 Å². The van der Waals surface area contributed by atoms with Gasteiger partial charge in [-0.1, -0.05) is 51.4 Å². The van der Waals surface area contributed by atoms with Gasteiger partial charge in [-0.25, -0.2) is 0 Å². The van der Waals surface area contributed by atoms with E-state index in [1.807, 2.05) is 0 Å². The molecule has 1 fully saturated rings. The molecule has 12 heavy (non-hydrogen) atoms. The van der Waals surface area contributed by atoms with Crippen LogP contribution in [0.3, 0.4) is 0 Å². The van der Waals surface area contributed by atoms with E-state index < -0.39 is 0 Å². The SMILES string of the molecule is C1CCCCCCC1.[Br][Ti][Br].[Ti]. The first-order valence-corrected chi connectivity index (χ1v) is 12.1. The molecule has 1 rings (SSSR count). The van der Waals surface area contributed by atoms with Crippen molar-refractivity contribution in [2.45, 2.75) is 51.4 Å². The molecule has 70 valence electrons. The van der Waals surface area contributed by atoms with Crippen LogP contribution in [0.2, 0.25) is 0 Å². The average molecular weight is 368 g/mol. The standard InChI is InChI=1S/C8H16.2BrH.2Ti/c1-2-4-6-8-7-5-3-1;;;;/h1-8H2;2*1H;;/q;;;;+2/p-2. The molecule has 0 aliphatic heterocycles. The van der Waals surface area contributed by atoms with Crippen molar-refractivity contribution in [1.82, 2.24) is 0 Å². The molecule has 0 unspecified atom stereocenters. The van der Waals surface area contributed by atoms with E-state index in [1.165, 1.54) is 51.4 Å². The summed E-state index contributed by atoms with van der Waals surface area (Å²) in [6, 6.07) is 0. The van der Waals surface area contributed by atoms with E-state index in [4.69, 9.17) is 0 Å². The molecule has 0 aromatic heterocycles. The van der Waals surface area contributed by atoms with Crippen molar-refractivity contribution in [3.8, 4) is 0 Å². The van der Waals surface area contributed by atoms with Gasteiger partial charge in [0.05, 0.1) is 0 Å². The van der Waals surface area contributed by atoms with Gasteiger partial charge >= 0.3 is 41.3 Å². The summed E-state index contributed by atoms with van der Waals surface area (Å²) < 4.78 is 0. The zero-order valence-corrected chi connectivity index (χ0v) is 13.7. The van der Waals surface area contributed by atoms with Crippen LogP contribution in [0.1, 0.15) is 51.4 Å². The zero-order chi connectivity index (χ0) is 8.36. The first-order chi connectivity index (χ1) is 5.41. The topological polar surface area (TPSA) is 0 Å². The summed E-state index contributed by atoms with van der Waals surface area (Å²) in [5, 5.41) is 0. The Morgan fingerprint density at radius 2 is 0.667 bits per heavy atom. The molecule has 0 amide bonds. The Morgan fingerprint density at radius 3 is 0.750 bits per heavy atom. The van der Waals surface area contributed by atoms with Crippen LogP contribution in [0.25, 0.3) is 0 Å². The van der Waals surface area contributed by atoms with Crippen LogP contribution < -0.4 is 0 Å². The second kappa shape index (κ2) is 15.8. The van der Waals surface area contributed by atoms with Gasteiger partial charge in [-0.3, -0.25) is 0 Å². The maximum atomic E-state index is 3.19. The largest absolute Gasteiger partial charge is 0 e. The van der Waals surface area contributed by atoms with Crippen molar-refractivity contribution < 1.29 is 36.7 Å². The first kappa shape index (κ1) is 16.8. The van der Waals surface area contributed by atoms with E-state index in [9.17, 15) is 0 Å². The molecule has 4 heteroatoms. The number of halogens is 2. The summed E-state index contributed by atoms with van der Waals surface area (Å²) in [4.78, 5) is 0. The smallest absolute Gasteiger partial charge is 0 e. The Labute approximate surface area is 113 Å². The van der Waals surface area contributed by atoms with Gasteiger partial charge in [0.25, 0.3) is 0 Å². The maximum absolute atomic E-state index is 3.19. The molecule has 1 aliphatic carbocycles. The number of hydrogen-bond acceptors (Lipinski definition) is 0. The molecule has 0 bridgehead atoms. The van der Waals surface area contributed by atoms with Gasteiger partial charge in [0.1, 0.15) is 0 Å². The fraction of sp³-hybridized carbons (Fsp3) is 1.00. The van der Waals surface area contributed by atoms with Crippen molar-refractivity contribution in [1.29, 1.82) is 0 Å². The van der Waals surface area contributed by atoms with E-state index >= 15 is 0 Å². The summed E-state index contributed by atoms with van der Waals surface area (Å²) in [5.74, 6) is 0. The second-order valence-electron chi connectivity index (χ2n) is 2.90. The molecule has 0 saturated heterocycles. The zero-order valence-electron chi connectivity index (χ0n) is 7.41. The quantitative estimate of drug-likeness (QED) is 0.539. The summed E-state index contributed by atoms with van der Waals surface area (Å²) >= 11 is 6.50. The fourth-order valence-electron chi connectivity index (χ4n) is 1.41. The number of hydrogen-bond donors (Lipinski definition) is 0. The van der Waals surface area contributed by atoms with Crippen molar-refractivity contribution in [3.05, 3.63) is 0 Å². The van der Waals surface area contributed by atoms with E-state index in [0.717, 1.165) is 0 Å². The molecule has 1 saturated carbocycles. The molecule has 1 aliphatic rings. The predicted molar refractivity (Wildman–Crippen MR) is 54.8 cm³/mol. The van der Waals surface area contributed by atoms with Crippen molar-refractivity contribution in [2.24, 2.45) is 0 Å². The van der Waals surface area contributed by atoms with Gasteiger partial charge < -0.3 is 0 Å². The summed E-state index contributed by atoms with van der Waals surface area (Å²) in [6.45, 7) is 0. The van der Waals surface area contributed by atoms with Crippen LogP contribution in [-0.4, -0.2) is 0 Å². The minimum absolute atomic E-state index is 0. The van der Waals surface area contributed by atoms with Gasteiger partial charge in [-0.15, -0.1) is 0 Å². The van der Waals surface area contributed by atoms with Gasteiger partial charge in [0.15, 0.2) is 0 Å². The molecule has 0 nitrogen and oxygen atoms in total. The van der Waals surface area contributed by atoms with Crippen molar-refractivity contribution in [3.63, 3.8) is 0 Å². The second-order valence-corrected chi connectivity index (χ2v) is 10.8. The Morgan fingerprint density at radius 1 is 0.583 bits per heavy atom. The average Bonchev–Trinajstić information content (AvgIpc) is 1.86. The van der Waals surface area contributed by atoms with Gasteiger partial charge in [-0.2, -0.15) is 0 Å². The van der Waals surface area contributed by atoms with E-state index in [0.29, 0.717) is 0 Å². The van der Waals surface area contributed by atoms with Gasteiger partial charge in [0.2, 0.25) is 0 Å². The molecule has 0 spiro atoms. The molecule has 0 N–H and O–H groups in total. The van der Waals surface area contributed by atoms with Crippen LogP contribution in [0.5, 0.6) is 0 Å². The Bertz CT molecular complexity index is 48.1. The molecule has 0 atom stereocenters. The van der Waals surface area contributed by atoms with E-state index in [1.54, 1.807) is 0 Å². The third-order valence-electron chi connectivity index (χ3n) is 2.00. The summed E-state index contributed by atoms with van der Waals surface area (Å²) in [5.41, 5.74) is 0. The van der Waals surface area contributed by atoms with Crippen molar-refractivity contribution >= 4 is 26.3 Å². The third kappa shape index (κ3) is 14.9. The fourth-order valence-corrected chi connectivity index (χ4v) is 1.41. The maximum Gasteiger partial charge on any atom is 0 e. The molecule has 0 aromatic carbocycles.